The Morgan fingerprint density at radius 2 is 1.86 bits per heavy atom. The molecule has 0 aliphatic heterocycles. The first-order valence-electron chi connectivity index (χ1n) is 8.96. The summed E-state index contributed by atoms with van der Waals surface area (Å²) in [7, 11) is 1.61. The molecule has 0 fully saturated rings. The van der Waals surface area contributed by atoms with Crippen LogP contribution in [0.5, 0.6) is 5.75 Å². The summed E-state index contributed by atoms with van der Waals surface area (Å²) in [5.41, 5.74) is 15.4. The summed E-state index contributed by atoms with van der Waals surface area (Å²) >= 11 is 0. The lowest BCUT2D eigenvalue weighted by atomic mass is 10.0. The summed E-state index contributed by atoms with van der Waals surface area (Å²) in [4.78, 5) is 17.0. The van der Waals surface area contributed by atoms with Crippen LogP contribution in [0.3, 0.4) is 0 Å². The third-order valence-corrected chi connectivity index (χ3v) is 4.63. The number of methoxy groups -OCH3 is 1. The molecule has 7 nitrogen and oxygen atoms in total. The van der Waals surface area contributed by atoms with E-state index in [1.54, 1.807) is 7.11 Å². The largest absolute Gasteiger partial charge is 0.497 e. The minimum Gasteiger partial charge on any atom is -0.497 e. The molecule has 1 amide bonds. The number of carbonyl (C=O) groups is 1. The molecule has 4 N–H and O–H groups in total. The topological polar surface area (TPSA) is 93.7 Å². The van der Waals surface area contributed by atoms with Crippen molar-refractivity contribution in [2.24, 2.45) is 5.73 Å². The van der Waals surface area contributed by atoms with Crippen LogP contribution in [-0.4, -0.2) is 22.4 Å². The van der Waals surface area contributed by atoms with E-state index in [1.165, 1.54) is 0 Å². The molecule has 0 bridgehead atoms. The number of hydrogen-bond donors (Lipinski definition) is 3. The van der Waals surface area contributed by atoms with E-state index < -0.39 is 6.04 Å². The number of hydrazine groups is 1. The van der Waals surface area contributed by atoms with Crippen molar-refractivity contribution < 1.29 is 9.53 Å². The molecule has 1 unspecified atom stereocenters. The first kappa shape index (κ1) is 17.8. The first-order chi connectivity index (χ1) is 13.7. The molecule has 142 valence electrons. The van der Waals surface area contributed by atoms with E-state index in [9.17, 15) is 4.79 Å². The summed E-state index contributed by atoms with van der Waals surface area (Å²) in [5, 5.41) is 0. The fraction of sp³-hybridized carbons (Fsp3) is 0.143. The van der Waals surface area contributed by atoms with Gasteiger partial charge in [0.05, 0.1) is 23.7 Å². The number of aromatic nitrogens is 2. The van der Waals surface area contributed by atoms with Gasteiger partial charge in [0.15, 0.2) is 5.82 Å². The summed E-state index contributed by atoms with van der Waals surface area (Å²) in [6.07, 6.45) is 2.11. The Bertz CT molecular complexity index is 1120. The van der Waals surface area contributed by atoms with E-state index in [4.69, 9.17) is 10.5 Å². The van der Waals surface area contributed by atoms with Crippen LogP contribution in [0.4, 0.5) is 5.82 Å². The number of nitrogens with one attached hydrogen (secondary N) is 2. The van der Waals surface area contributed by atoms with Crippen molar-refractivity contribution in [2.45, 2.75) is 12.5 Å². The van der Waals surface area contributed by atoms with Crippen LogP contribution in [-0.2, 0) is 4.79 Å². The Morgan fingerprint density at radius 3 is 2.64 bits per heavy atom. The molecule has 28 heavy (non-hydrogen) atoms. The van der Waals surface area contributed by atoms with Gasteiger partial charge in [0.25, 0.3) is 0 Å². The lowest BCUT2D eigenvalue weighted by Gasteiger charge is -2.14. The summed E-state index contributed by atoms with van der Waals surface area (Å²) in [5.74, 6) is 1.11. The zero-order chi connectivity index (χ0) is 19.5. The highest BCUT2D eigenvalue weighted by molar-refractivity contribution is 5.86. The number of hydrogen-bond acceptors (Lipinski definition) is 5. The van der Waals surface area contributed by atoms with Gasteiger partial charge in [-0.25, -0.2) is 4.98 Å². The number of nitrogens with zero attached hydrogens (tertiary/aromatic N) is 2. The standard InChI is InChI=1S/C21H21N5O2/c1-28-15-10-8-14(9-11-15)16(22)13-20(27)24-25-21-19-7-4-12-26(19)18-6-3-2-5-17(18)23-21/h2-12,16H,13,22H2,1H3,(H,23,25)(H,24,27). The summed E-state index contributed by atoms with van der Waals surface area (Å²) in [6, 6.07) is 18.7. The molecule has 0 radical (unpaired) electrons. The second-order valence-corrected chi connectivity index (χ2v) is 6.47. The van der Waals surface area contributed by atoms with Crippen LogP contribution in [0.2, 0.25) is 0 Å². The van der Waals surface area contributed by atoms with Gasteiger partial charge in [-0.05, 0) is 42.0 Å². The predicted octanol–water partition coefficient (Wildman–Crippen LogP) is 3.03. The maximum absolute atomic E-state index is 12.3. The fourth-order valence-electron chi connectivity index (χ4n) is 3.16. The second-order valence-electron chi connectivity index (χ2n) is 6.47. The molecule has 0 spiro atoms. The molecular weight excluding hydrogens is 354 g/mol. The number of anilines is 1. The molecule has 7 heteroatoms. The lowest BCUT2D eigenvalue weighted by Crippen LogP contribution is -2.32. The van der Waals surface area contributed by atoms with Crippen molar-refractivity contribution in [3.63, 3.8) is 0 Å². The highest BCUT2D eigenvalue weighted by Gasteiger charge is 2.13. The fourth-order valence-corrected chi connectivity index (χ4v) is 3.16. The third-order valence-electron chi connectivity index (χ3n) is 4.63. The van der Waals surface area contributed by atoms with Gasteiger partial charge in [0.1, 0.15) is 5.75 Å². The number of fused-ring (bicyclic) bond motifs is 3. The van der Waals surface area contributed by atoms with E-state index in [0.29, 0.717) is 5.82 Å². The number of carbonyl (C=O) groups excluding carboxylic acids is 1. The van der Waals surface area contributed by atoms with Gasteiger partial charge in [-0.3, -0.25) is 15.6 Å². The molecule has 0 aliphatic carbocycles. The molecule has 0 aliphatic rings. The Labute approximate surface area is 162 Å². The van der Waals surface area contributed by atoms with E-state index in [-0.39, 0.29) is 12.3 Å². The van der Waals surface area contributed by atoms with Gasteiger partial charge in [-0.15, -0.1) is 0 Å². The number of rotatable bonds is 6. The van der Waals surface area contributed by atoms with Crippen LogP contribution >= 0.6 is 0 Å². The van der Waals surface area contributed by atoms with Gasteiger partial charge in [0.2, 0.25) is 5.91 Å². The van der Waals surface area contributed by atoms with E-state index in [2.05, 4.69) is 15.8 Å². The van der Waals surface area contributed by atoms with Crippen molar-refractivity contribution in [1.29, 1.82) is 0 Å². The van der Waals surface area contributed by atoms with Gasteiger partial charge in [-0.2, -0.15) is 0 Å². The Morgan fingerprint density at radius 1 is 1.11 bits per heavy atom. The lowest BCUT2D eigenvalue weighted by molar-refractivity contribution is -0.120. The molecular formula is C21H21N5O2. The van der Waals surface area contributed by atoms with E-state index in [0.717, 1.165) is 27.9 Å². The van der Waals surface area contributed by atoms with Crippen LogP contribution in [0, 0.1) is 0 Å². The Hall–Kier alpha value is -3.58. The predicted molar refractivity (Wildman–Crippen MR) is 109 cm³/mol. The number of benzene rings is 2. The Kier molecular flexibility index (Phi) is 4.82. The highest BCUT2D eigenvalue weighted by Crippen LogP contribution is 2.22. The van der Waals surface area contributed by atoms with Gasteiger partial charge >= 0.3 is 0 Å². The van der Waals surface area contributed by atoms with Gasteiger partial charge < -0.3 is 14.9 Å². The van der Waals surface area contributed by atoms with Crippen molar-refractivity contribution in [1.82, 2.24) is 14.8 Å². The van der Waals surface area contributed by atoms with Gasteiger partial charge in [0, 0.05) is 18.7 Å². The molecule has 2 aromatic heterocycles. The number of para-hydroxylation sites is 2. The average molecular weight is 375 g/mol. The van der Waals surface area contributed by atoms with Crippen LogP contribution in [0.15, 0.2) is 66.9 Å². The maximum Gasteiger partial charge on any atom is 0.240 e. The molecule has 4 aromatic rings. The number of amides is 1. The first-order valence-corrected chi connectivity index (χ1v) is 8.96. The van der Waals surface area contributed by atoms with Crippen LogP contribution < -0.4 is 21.3 Å². The van der Waals surface area contributed by atoms with Crippen molar-refractivity contribution >= 4 is 28.3 Å². The van der Waals surface area contributed by atoms with Crippen LogP contribution in [0.25, 0.3) is 16.6 Å². The normalized spacial score (nSPS) is 12.1. The number of nitrogens with two attached hydrogens (primary N) is 1. The third kappa shape index (κ3) is 3.47. The van der Waals surface area contributed by atoms with Gasteiger partial charge in [-0.1, -0.05) is 24.3 Å². The number of ether oxygens (including phenoxy) is 1. The van der Waals surface area contributed by atoms with Crippen LogP contribution in [0.1, 0.15) is 18.0 Å². The molecule has 0 saturated carbocycles. The SMILES string of the molecule is COc1ccc(C(N)CC(=O)NNc2nc3ccccc3n3cccc23)cc1. The zero-order valence-electron chi connectivity index (χ0n) is 15.4. The van der Waals surface area contributed by atoms with E-state index in [1.807, 2.05) is 71.3 Å². The smallest absolute Gasteiger partial charge is 0.240 e. The molecule has 4 rings (SSSR count). The average Bonchev–Trinajstić information content (AvgIpc) is 3.22. The minimum absolute atomic E-state index is 0.143. The summed E-state index contributed by atoms with van der Waals surface area (Å²) in [6.45, 7) is 0. The van der Waals surface area contributed by atoms with Crippen molar-refractivity contribution in [3.05, 3.63) is 72.4 Å². The Balaban J connectivity index is 1.46. The van der Waals surface area contributed by atoms with E-state index >= 15 is 0 Å². The zero-order valence-corrected chi connectivity index (χ0v) is 15.4. The molecule has 1 atom stereocenters. The van der Waals surface area contributed by atoms with Crippen molar-refractivity contribution in [3.8, 4) is 5.75 Å². The monoisotopic (exact) mass is 375 g/mol. The quantitative estimate of drug-likeness (QED) is 0.451. The second kappa shape index (κ2) is 7.58. The molecule has 2 heterocycles. The summed E-state index contributed by atoms with van der Waals surface area (Å²) < 4.78 is 7.17. The molecule has 2 aromatic carbocycles. The maximum atomic E-state index is 12.3. The van der Waals surface area contributed by atoms with Crippen molar-refractivity contribution in [2.75, 3.05) is 12.5 Å². The highest BCUT2D eigenvalue weighted by atomic mass is 16.5. The molecule has 0 saturated heterocycles. The minimum atomic E-state index is -0.411.